The van der Waals surface area contributed by atoms with Gasteiger partial charge in [-0.25, -0.2) is 0 Å². The highest BCUT2D eigenvalue weighted by molar-refractivity contribution is 5.88. The third-order valence-electron chi connectivity index (χ3n) is 1.83. The summed E-state index contributed by atoms with van der Waals surface area (Å²) in [5.41, 5.74) is 1.17. The maximum atomic E-state index is 5.71. The van der Waals surface area contributed by atoms with Crippen molar-refractivity contribution in [3.05, 3.63) is 0 Å². The van der Waals surface area contributed by atoms with Gasteiger partial charge in [0, 0.05) is 12.8 Å². The number of hydrogen-bond donors (Lipinski definition) is 0. The second kappa shape index (κ2) is 6.18. The predicted octanol–water partition coefficient (Wildman–Crippen LogP) is 2.67. The molecule has 2 nitrogen and oxygen atoms in total. The molecule has 1 atom stereocenters. The lowest BCUT2D eigenvalue weighted by atomic mass is 10.1. The molecule has 0 aliphatic carbocycles. The summed E-state index contributed by atoms with van der Waals surface area (Å²) in [5, 5.41) is 0. The molecule has 0 bridgehead atoms. The van der Waals surface area contributed by atoms with Gasteiger partial charge in [0.2, 0.25) is 0 Å². The van der Waals surface area contributed by atoms with Crippen LogP contribution in [0.1, 0.15) is 40.5 Å². The van der Waals surface area contributed by atoms with Crippen LogP contribution in [0.4, 0.5) is 0 Å². The summed E-state index contributed by atoms with van der Waals surface area (Å²) in [6, 6.07) is 0. The van der Waals surface area contributed by atoms with Crippen molar-refractivity contribution in [2.45, 2.75) is 52.7 Å². The maximum absolute atomic E-state index is 5.71. The fraction of sp³-hybridized carbons (Fsp3) is 0.900. The van der Waals surface area contributed by atoms with E-state index in [2.05, 4.69) is 32.7 Å². The first-order valence-electron chi connectivity index (χ1n) is 4.76. The van der Waals surface area contributed by atoms with E-state index >= 15 is 0 Å². The van der Waals surface area contributed by atoms with Crippen LogP contribution in [0.5, 0.6) is 0 Å². The highest BCUT2D eigenvalue weighted by Crippen LogP contribution is 2.07. The average molecular weight is 171 g/mol. The molecule has 72 valence electrons. The van der Waals surface area contributed by atoms with Crippen molar-refractivity contribution < 1.29 is 4.74 Å². The molecule has 0 fully saturated rings. The van der Waals surface area contributed by atoms with Crippen LogP contribution >= 0.6 is 0 Å². The highest BCUT2D eigenvalue weighted by Gasteiger charge is 2.13. The Morgan fingerprint density at radius 2 is 1.92 bits per heavy atom. The standard InChI is InChI=1S/C10H21NO/c1-6-9(11-5)10(7-2)12-8(3)4/h8,10H,6-7H2,1-5H3/b11-9-. The first kappa shape index (κ1) is 11.6. The molecular formula is C10H21NO. The van der Waals surface area contributed by atoms with Crippen LogP contribution in [0.25, 0.3) is 0 Å². The smallest absolute Gasteiger partial charge is 0.0951 e. The summed E-state index contributed by atoms with van der Waals surface area (Å²) in [6.45, 7) is 8.37. The van der Waals surface area contributed by atoms with Gasteiger partial charge in [0.15, 0.2) is 0 Å². The quantitative estimate of drug-likeness (QED) is 0.583. The van der Waals surface area contributed by atoms with Crippen molar-refractivity contribution in [3.8, 4) is 0 Å². The lowest BCUT2D eigenvalue weighted by molar-refractivity contribution is 0.0437. The molecule has 0 saturated heterocycles. The van der Waals surface area contributed by atoms with Crippen LogP contribution in [0.3, 0.4) is 0 Å². The molecule has 0 aliphatic heterocycles. The summed E-state index contributed by atoms with van der Waals surface area (Å²) in [7, 11) is 1.84. The largest absolute Gasteiger partial charge is 0.370 e. The van der Waals surface area contributed by atoms with Gasteiger partial charge in [-0.3, -0.25) is 4.99 Å². The molecule has 0 saturated carbocycles. The summed E-state index contributed by atoms with van der Waals surface area (Å²) in [6.07, 6.45) is 2.51. The minimum absolute atomic E-state index is 0.222. The van der Waals surface area contributed by atoms with Crippen LogP contribution in [0.15, 0.2) is 4.99 Å². The van der Waals surface area contributed by atoms with Gasteiger partial charge in [-0.05, 0) is 26.7 Å². The number of rotatable bonds is 5. The lowest BCUT2D eigenvalue weighted by Crippen LogP contribution is -2.26. The SMILES string of the molecule is CC/C(=N/C)C(CC)OC(C)C. The zero-order chi connectivity index (χ0) is 9.56. The molecule has 0 rings (SSSR count). The summed E-state index contributed by atoms with van der Waals surface area (Å²) in [5.74, 6) is 0. The predicted molar refractivity (Wildman–Crippen MR) is 54.0 cm³/mol. The van der Waals surface area contributed by atoms with Crippen molar-refractivity contribution in [2.24, 2.45) is 4.99 Å². The Labute approximate surface area is 76.0 Å². The fourth-order valence-corrected chi connectivity index (χ4v) is 1.27. The van der Waals surface area contributed by atoms with Gasteiger partial charge in [0.1, 0.15) is 0 Å². The van der Waals surface area contributed by atoms with Crippen molar-refractivity contribution >= 4 is 5.71 Å². The monoisotopic (exact) mass is 171 g/mol. The van der Waals surface area contributed by atoms with E-state index < -0.39 is 0 Å². The molecule has 0 amide bonds. The summed E-state index contributed by atoms with van der Waals surface area (Å²) in [4.78, 5) is 4.22. The van der Waals surface area contributed by atoms with E-state index in [4.69, 9.17) is 4.74 Å². The second-order valence-electron chi connectivity index (χ2n) is 3.15. The van der Waals surface area contributed by atoms with Gasteiger partial charge in [0.05, 0.1) is 12.2 Å². The molecule has 0 spiro atoms. The normalized spacial score (nSPS) is 15.3. The Morgan fingerprint density at radius 3 is 2.17 bits per heavy atom. The Balaban J connectivity index is 4.12. The van der Waals surface area contributed by atoms with Crippen LogP contribution in [-0.2, 0) is 4.74 Å². The molecule has 0 heterocycles. The molecule has 0 aromatic rings. The molecule has 2 heteroatoms. The summed E-state index contributed by atoms with van der Waals surface area (Å²) >= 11 is 0. The number of aliphatic imine (C=N–C) groups is 1. The van der Waals surface area contributed by atoms with Gasteiger partial charge in [-0.2, -0.15) is 0 Å². The maximum Gasteiger partial charge on any atom is 0.0951 e. The van der Waals surface area contributed by atoms with Crippen LogP contribution in [0.2, 0.25) is 0 Å². The zero-order valence-corrected chi connectivity index (χ0v) is 8.92. The average Bonchev–Trinajstić information content (AvgIpc) is 2.04. The molecule has 12 heavy (non-hydrogen) atoms. The number of ether oxygens (including phenoxy) is 1. The van der Waals surface area contributed by atoms with Crippen molar-refractivity contribution in [1.29, 1.82) is 0 Å². The summed E-state index contributed by atoms with van der Waals surface area (Å²) < 4.78 is 5.71. The van der Waals surface area contributed by atoms with E-state index in [0.29, 0.717) is 6.10 Å². The molecule has 0 aliphatic rings. The number of hydrogen-bond acceptors (Lipinski definition) is 2. The first-order valence-corrected chi connectivity index (χ1v) is 4.76. The molecular weight excluding hydrogens is 150 g/mol. The van der Waals surface area contributed by atoms with Crippen molar-refractivity contribution in [1.82, 2.24) is 0 Å². The topological polar surface area (TPSA) is 21.6 Å². The third kappa shape index (κ3) is 3.86. The Kier molecular flexibility index (Phi) is 5.99. The minimum Gasteiger partial charge on any atom is -0.370 e. The molecule has 0 aromatic carbocycles. The van der Waals surface area contributed by atoms with E-state index in [9.17, 15) is 0 Å². The number of nitrogens with zero attached hydrogens (tertiary/aromatic N) is 1. The van der Waals surface area contributed by atoms with Crippen molar-refractivity contribution in [3.63, 3.8) is 0 Å². The molecule has 0 N–H and O–H groups in total. The Morgan fingerprint density at radius 1 is 1.33 bits per heavy atom. The van der Waals surface area contributed by atoms with Gasteiger partial charge >= 0.3 is 0 Å². The van der Waals surface area contributed by atoms with Crippen molar-refractivity contribution in [2.75, 3.05) is 7.05 Å². The second-order valence-corrected chi connectivity index (χ2v) is 3.15. The van der Waals surface area contributed by atoms with Gasteiger partial charge in [-0.1, -0.05) is 13.8 Å². The van der Waals surface area contributed by atoms with Crippen LogP contribution < -0.4 is 0 Å². The Hall–Kier alpha value is -0.370. The van der Waals surface area contributed by atoms with Crippen LogP contribution in [-0.4, -0.2) is 25.0 Å². The molecule has 0 aromatic heterocycles. The zero-order valence-electron chi connectivity index (χ0n) is 8.92. The first-order chi connectivity index (χ1) is 5.65. The van der Waals surface area contributed by atoms with Gasteiger partial charge in [-0.15, -0.1) is 0 Å². The van der Waals surface area contributed by atoms with E-state index in [-0.39, 0.29) is 6.10 Å². The third-order valence-corrected chi connectivity index (χ3v) is 1.83. The lowest BCUT2D eigenvalue weighted by Gasteiger charge is -2.19. The fourth-order valence-electron chi connectivity index (χ4n) is 1.27. The van der Waals surface area contributed by atoms with E-state index in [1.165, 1.54) is 5.71 Å². The van der Waals surface area contributed by atoms with Crippen LogP contribution in [0, 0.1) is 0 Å². The molecule has 0 radical (unpaired) electrons. The highest BCUT2D eigenvalue weighted by atomic mass is 16.5. The Bertz CT molecular complexity index is 141. The minimum atomic E-state index is 0.222. The van der Waals surface area contributed by atoms with E-state index in [1.807, 2.05) is 7.05 Å². The van der Waals surface area contributed by atoms with Gasteiger partial charge < -0.3 is 4.74 Å². The molecule has 1 unspecified atom stereocenters. The van der Waals surface area contributed by atoms with Gasteiger partial charge in [0.25, 0.3) is 0 Å². The van der Waals surface area contributed by atoms with E-state index in [1.54, 1.807) is 0 Å². The van der Waals surface area contributed by atoms with E-state index in [0.717, 1.165) is 12.8 Å².